The number of esters is 1. The van der Waals surface area contributed by atoms with Crippen molar-refractivity contribution in [1.29, 1.82) is 0 Å². The number of methoxy groups -OCH3 is 1. The minimum absolute atomic E-state index is 0.00469. The average molecular weight is 503 g/mol. The summed E-state index contributed by atoms with van der Waals surface area (Å²) in [7, 11) is 1.57. The van der Waals surface area contributed by atoms with Gasteiger partial charge in [-0.15, -0.1) is 11.8 Å². The number of thioether (sulfide) groups is 1. The Morgan fingerprint density at radius 1 is 1.14 bits per heavy atom. The number of β-lactam (4-membered cyclic amide) rings is 1. The highest BCUT2D eigenvalue weighted by Crippen LogP contribution is 2.40. The molecular formula is C23H22N2O9S. The van der Waals surface area contributed by atoms with Crippen molar-refractivity contribution in [3.63, 3.8) is 0 Å². The third kappa shape index (κ3) is 5.11. The molecule has 0 saturated carbocycles. The van der Waals surface area contributed by atoms with E-state index < -0.39 is 35.2 Å². The maximum atomic E-state index is 12.7. The van der Waals surface area contributed by atoms with Crippen LogP contribution in [0.5, 0.6) is 11.5 Å². The molecule has 1 aromatic heterocycles. The Kier molecular flexibility index (Phi) is 7.01. The number of amides is 2. The second-order valence-corrected chi connectivity index (χ2v) is 8.73. The van der Waals surface area contributed by atoms with Crippen LogP contribution < -0.4 is 14.8 Å². The lowest BCUT2D eigenvalue weighted by Gasteiger charge is -2.49. The van der Waals surface area contributed by atoms with E-state index in [9.17, 15) is 24.3 Å². The minimum atomic E-state index is -1.30. The number of hydrogen-bond acceptors (Lipinski definition) is 9. The van der Waals surface area contributed by atoms with Crippen molar-refractivity contribution >= 4 is 35.5 Å². The number of aliphatic carboxylic acids is 1. The van der Waals surface area contributed by atoms with Gasteiger partial charge in [0.05, 0.1) is 7.11 Å². The maximum absolute atomic E-state index is 12.7. The molecule has 184 valence electrons. The highest BCUT2D eigenvalue weighted by atomic mass is 32.2. The van der Waals surface area contributed by atoms with Gasteiger partial charge in [0.25, 0.3) is 11.8 Å². The lowest BCUT2D eigenvalue weighted by atomic mass is 10.0. The predicted molar refractivity (Wildman–Crippen MR) is 122 cm³/mol. The monoisotopic (exact) mass is 502 g/mol. The van der Waals surface area contributed by atoms with Gasteiger partial charge in [-0.25, -0.2) is 4.79 Å². The van der Waals surface area contributed by atoms with E-state index in [1.165, 1.54) is 24.8 Å². The van der Waals surface area contributed by atoms with Crippen molar-refractivity contribution in [2.24, 2.45) is 0 Å². The molecule has 1 saturated heterocycles. The number of carboxylic acid groups (broad SMARTS) is 1. The van der Waals surface area contributed by atoms with Crippen LogP contribution in [0.15, 0.2) is 52.1 Å². The number of hydrogen-bond donors (Lipinski definition) is 2. The van der Waals surface area contributed by atoms with Crippen molar-refractivity contribution in [3.8, 4) is 11.5 Å². The summed E-state index contributed by atoms with van der Waals surface area (Å²) in [5, 5.41) is 11.6. The van der Waals surface area contributed by atoms with Crippen LogP contribution in [-0.2, 0) is 25.7 Å². The van der Waals surface area contributed by atoms with Gasteiger partial charge in [0.2, 0.25) is 0 Å². The molecule has 35 heavy (non-hydrogen) atoms. The second-order valence-electron chi connectivity index (χ2n) is 7.63. The number of carbonyl (C=O) groups excluding carboxylic acids is 3. The molecule has 0 bridgehead atoms. The lowest BCUT2D eigenvalue weighted by Crippen LogP contribution is -2.70. The maximum Gasteiger partial charge on any atom is 0.352 e. The summed E-state index contributed by atoms with van der Waals surface area (Å²) in [4.78, 5) is 49.3. The third-order valence-electron chi connectivity index (χ3n) is 5.31. The van der Waals surface area contributed by atoms with E-state index in [1.807, 2.05) is 0 Å². The standard InChI is InChI=1S/C23H22N2O9S/c1-12(26)32-9-13-11-35-22-18(21(28)25(22)19(13)23(29)30)24-20(27)17-8-7-16(34-17)10-33-15-5-3-14(31-2)4-6-15/h3-8,18,22H,9-11H2,1-2H3,(H,24,27)(H,29,30)/t18-,22-/m0/s1. The van der Waals surface area contributed by atoms with Gasteiger partial charge in [0.15, 0.2) is 5.76 Å². The lowest BCUT2D eigenvalue weighted by molar-refractivity contribution is -0.149. The molecule has 2 aliphatic heterocycles. The van der Waals surface area contributed by atoms with Gasteiger partial charge in [-0.2, -0.15) is 0 Å². The molecule has 2 amide bonds. The van der Waals surface area contributed by atoms with Gasteiger partial charge >= 0.3 is 11.9 Å². The number of benzene rings is 1. The van der Waals surface area contributed by atoms with Crippen molar-refractivity contribution in [3.05, 3.63) is 59.2 Å². The van der Waals surface area contributed by atoms with E-state index in [2.05, 4.69) is 5.32 Å². The number of fused-ring (bicyclic) bond motifs is 1. The van der Waals surface area contributed by atoms with Crippen LogP contribution in [0, 0.1) is 0 Å². The van der Waals surface area contributed by atoms with Gasteiger partial charge < -0.3 is 29.1 Å². The van der Waals surface area contributed by atoms with E-state index in [1.54, 1.807) is 37.4 Å². The SMILES string of the molecule is COc1ccc(OCc2ccc(C(=O)N[C@H]3C(=O)N4C(C(=O)O)=C(COC(C)=O)CS[C@@H]34)o2)cc1. The summed E-state index contributed by atoms with van der Waals surface area (Å²) < 4.78 is 21.2. The van der Waals surface area contributed by atoms with Gasteiger partial charge in [0, 0.05) is 18.2 Å². The normalized spacial score (nSPS) is 18.9. The number of carboxylic acids is 1. The first-order chi connectivity index (χ1) is 16.8. The van der Waals surface area contributed by atoms with Crippen molar-refractivity contribution in [1.82, 2.24) is 10.2 Å². The number of rotatable bonds is 9. The van der Waals surface area contributed by atoms with Gasteiger partial charge in [-0.3, -0.25) is 19.3 Å². The van der Waals surface area contributed by atoms with Gasteiger partial charge in [0.1, 0.15) is 47.6 Å². The first-order valence-corrected chi connectivity index (χ1v) is 11.5. The van der Waals surface area contributed by atoms with E-state index in [0.29, 0.717) is 22.8 Å². The zero-order chi connectivity index (χ0) is 25.1. The molecule has 3 heterocycles. The zero-order valence-corrected chi connectivity index (χ0v) is 19.6. The molecule has 2 N–H and O–H groups in total. The smallest absolute Gasteiger partial charge is 0.352 e. The number of furan rings is 1. The summed E-state index contributed by atoms with van der Waals surface area (Å²) in [6.07, 6.45) is 0. The Hall–Kier alpha value is -3.93. The van der Waals surface area contributed by atoms with E-state index in [-0.39, 0.29) is 30.4 Å². The molecule has 0 spiro atoms. The highest BCUT2D eigenvalue weighted by molar-refractivity contribution is 8.00. The molecule has 0 radical (unpaired) electrons. The van der Waals surface area contributed by atoms with E-state index in [4.69, 9.17) is 18.6 Å². The second kappa shape index (κ2) is 10.1. The molecule has 2 aliphatic rings. The zero-order valence-electron chi connectivity index (χ0n) is 18.8. The average Bonchev–Trinajstić information content (AvgIpc) is 3.33. The van der Waals surface area contributed by atoms with Crippen LogP contribution in [0.1, 0.15) is 23.2 Å². The Morgan fingerprint density at radius 3 is 2.51 bits per heavy atom. The number of nitrogens with one attached hydrogen (secondary N) is 1. The molecular weight excluding hydrogens is 480 g/mol. The molecule has 0 aliphatic carbocycles. The Labute approximate surface area is 204 Å². The van der Waals surface area contributed by atoms with Crippen LogP contribution in [0.4, 0.5) is 0 Å². The fourth-order valence-electron chi connectivity index (χ4n) is 3.60. The van der Waals surface area contributed by atoms with Gasteiger partial charge in [-0.1, -0.05) is 0 Å². The van der Waals surface area contributed by atoms with Crippen LogP contribution >= 0.6 is 11.8 Å². The third-order valence-corrected chi connectivity index (χ3v) is 6.65. The fraction of sp³-hybridized carbons (Fsp3) is 0.304. The molecule has 12 heteroatoms. The topological polar surface area (TPSA) is 145 Å². The van der Waals surface area contributed by atoms with Crippen LogP contribution in [0.3, 0.4) is 0 Å². The Bertz CT molecular complexity index is 1190. The fourth-order valence-corrected chi connectivity index (χ4v) is 4.93. The van der Waals surface area contributed by atoms with E-state index in [0.717, 1.165) is 4.90 Å². The molecule has 1 aromatic carbocycles. The first-order valence-electron chi connectivity index (χ1n) is 10.5. The molecule has 2 atom stereocenters. The van der Waals surface area contributed by atoms with Crippen LogP contribution in [-0.4, -0.2) is 64.6 Å². The highest BCUT2D eigenvalue weighted by Gasteiger charge is 2.54. The Morgan fingerprint density at radius 2 is 1.86 bits per heavy atom. The van der Waals surface area contributed by atoms with Gasteiger partial charge in [-0.05, 0) is 36.4 Å². The summed E-state index contributed by atoms with van der Waals surface area (Å²) in [5.74, 6) is -1.10. The van der Waals surface area contributed by atoms with Crippen molar-refractivity contribution < 1.29 is 42.9 Å². The summed E-state index contributed by atoms with van der Waals surface area (Å²) >= 11 is 1.27. The van der Waals surface area contributed by atoms with Crippen molar-refractivity contribution in [2.45, 2.75) is 24.9 Å². The molecule has 1 fully saturated rings. The quantitative estimate of drug-likeness (QED) is 0.384. The molecule has 0 unspecified atom stereocenters. The van der Waals surface area contributed by atoms with Crippen LogP contribution in [0.2, 0.25) is 0 Å². The molecule has 2 aromatic rings. The molecule has 11 nitrogen and oxygen atoms in total. The minimum Gasteiger partial charge on any atom is -0.497 e. The van der Waals surface area contributed by atoms with Crippen molar-refractivity contribution in [2.75, 3.05) is 19.5 Å². The predicted octanol–water partition coefficient (Wildman–Crippen LogP) is 1.78. The summed E-state index contributed by atoms with van der Waals surface area (Å²) in [6.45, 7) is 1.09. The summed E-state index contributed by atoms with van der Waals surface area (Å²) in [5.41, 5.74) is 0.0982. The first kappa shape index (κ1) is 24.2. The number of carbonyl (C=O) groups is 4. The largest absolute Gasteiger partial charge is 0.497 e. The number of nitrogens with zero attached hydrogens (tertiary/aromatic N) is 1. The van der Waals surface area contributed by atoms with Crippen LogP contribution in [0.25, 0.3) is 0 Å². The summed E-state index contributed by atoms with van der Waals surface area (Å²) in [6, 6.07) is 9.13. The molecule has 4 rings (SSSR count). The van der Waals surface area contributed by atoms with E-state index >= 15 is 0 Å². The Balaban J connectivity index is 1.36. The number of ether oxygens (including phenoxy) is 3.